The van der Waals surface area contributed by atoms with Gasteiger partial charge in [-0.3, -0.25) is 4.79 Å². The van der Waals surface area contributed by atoms with Gasteiger partial charge in [-0.15, -0.1) is 0 Å². The van der Waals surface area contributed by atoms with Crippen LogP contribution in [0.4, 0.5) is 0 Å². The molecule has 0 spiro atoms. The van der Waals surface area contributed by atoms with Gasteiger partial charge in [0, 0.05) is 25.7 Å². The summed E-state index contributed by atoms with van der Waals surface area (Å²) in [6, 6.07) is 15.4. The van der Waals surface area contributed by atoms with Crippen LogP contribution in [-0.2, 0) is 13.1 Å². The molecule has 2 aromatic carbocycles. The van der Waals surface area contributed by atoms with Gasteiger partial charge in [-0.25, -0.2) is 4.99 Å². The topological polar surface area (TPSA) is 74.8 Å². The van der Waals surface area contributed by atoms with Gasteiger partial charge >= 0.3 is 0 Å². The molecule has 0 fully saturated rings. The largest absolute Gasteiger partial charge is 0.497 e. The first-order chi connectivity index (χ1) is 12.7. The molecule has 0 aliphatic heterocycles. The lowest BCUT2D eigenvalue weighted by molar-refractivity contribution is 0.0963. The third kappa shape index (κ3) is 5.81. The van der Waals surface area contributed by atoms with Crippen LogP contribution in [0.25, 0.3) is 0 Å². The van der Waals surface area contributed by atoms with E-state index in [9.17, 15) is 4.79 Å². The Kier molecular flexibility index (Phi) is 7.49. The predicted molar refractivity (Wildman–Crippen MR) is 104 cm³/mol. The summed E-state index contributed by atoms with van der Waals surface area (Å²) in [5, 5.41) is 9.16. The first-order valence-corrected chi connectivity index (χ1v) is 8.62. The van der Waals surface area contributed by atoms with Crippen LogP contribution < -0.4 is 20.7 Å². The molecule has 1 amide bonds. The molecule has 0 aliphatic rings. The molecule has 0 atom stereocenters. The van der Waals surface area contributed by atoms with Crippen molar-refractivity contribution in [3.8, 4) is 5.75 Å². The quantitative estimate of drug-likeness (QED) is 0.527. The third-order valence-corrected chi connectivity index (χ3v) is 3.80. The summed E-state index contributed by atoms with van der Waals surface area (Å²) in [5.74, 6) is 1.48. The normalized spacial score (nSPS) is 11.0. The second-order valence-electron chi connectivity index (χ2n) is 5.68. The van der Waals surface area contributed by atoms with Gasteiger partial charge in [0.15, 0.2) is 5.96 Å². The van der Waals surface area contributed by atoms with E-state index in [1.165, 1.54) is 0 Å². The Morgan fingerprint density at radius 2 is 1.85 bits per heavy atom. The van der Waals surface area contributed by atoms with E-state index in [0.717, 1.165) is 29.4 Å². The molecule has 0 aromatic heterocycles. The van der Waals surface area contributed by atoms with Crippen molar-refractivity contribution in [2.45, 2.75) is 20.0 Å². The number of hydrogen-bond donors (Lipinski definition) is 3. The minimum Gasteiger partial charge on any atom is -0.497 e. The van der Waals surface area contributed by atoms with Gasteiger partial charge in [0.25, 0.3) is 5.91 Å². The Hall–Kier alpha value is -3.02. The fourth-order valence-electron chi connectivity index (χ4n) is 2.39. The zero-order valence-electron chi connectivity index (χ0n) is 15.5. The van der Waals surface area contributed by atoms with E-state index in [1.807, 2.05) is 55.5 Å². The van der Waals surface area contributed by atoms with E-state index < -0.39 is 0 Å². The van der Waals surface area contributed by atoms with Crippen molar-refractivity contribution in [1.29, 1.82) is 0 Å². The monoisotopic (exact) mass is 354 g/mol. The lowest BCUT2D eigenvalue weighted by atomic mass is 10.1. The van der Waals surface area contributed by atoms with Crippen LogP contribution in [0, 0.1) is 0 Å². The summed E-state index contributed by atoms with van der Waals surface area (Å²) in [5.41, 5.74) is 2.80. The molecule has 2 rings (SSSR count). The number of carbonyl (C=O) groups excluding carboxylic acids is 1. The Bertz CT molecular complexity index is 742. The second kappa shape index (κ2) is 10.1. The molecular weight excluding hydrogens is 328 g/mol. The van der Waals surface area contributed by atoms with Gasteiger partial charge in [-0.05, 0) is 42.3 Å². The average molecular weight is 354 g/mol. The zero-order chi connectivity index (χ0) is 18.8. The second-order valence-corrected chi connectivity index (χ2v) is 5.68. The van der Waals surface area contributed by atoms with Crippen molar-refractivity contribution in [3.63, 3.8) is 0 Å². The molecule has 6 nitrogen and oxygen atoms in total. The maximum absolute atomic E-state index is 11.6. The fourth-order valence-corrected chi connectivity index (χ4v) is 2.39. The van der Waals surface area contributed by atoms with E-state index >= 15 is 0 Å². The minimum absolute atomic E-state index is 0.0855. The van der Waals surface area contributed by atoms with E-state index in [4.69, 9.17) is 4.74 Å². The molecule has 26 heavy (non-hydrogen) atoms. The molecule has 0 aliphatic carbocycles. The molecule has 138 valence electrons. The van der Waals surface area contributed by atoms with Crippen molar-refractivity contribution in [2.75, 3.05) is 20.7 Å². The maximum atomic E-state index is 11.6. The van der Waals surface area contributed by atoms with Crippen LogP contribution in [0.15, 0.2) is 53.5 Å². The van der Waals surface area contributed by atoms with E-state index in [2.05, 4.69) is 20.9 Å². The maximum Gasteiger partial charge on any atom is 0.251 e. The van der Waals surface area contributed by atoms with Gasteiger partial charge in [-0.1, -0.05) is 24.3 Å². The number of ether oxygens (including phenoxy) is 1. The number of nitrogens with one attached hydrogen (secondary N) is 3. The number of guanidine groups is 1. The van der Waals surface area contributed by atoms with E-state index in [1.54, 1.807) is 14.2 Å². The van der Waals surface area contributed by atoms with Gasteiger partial charge in [-0.2, -0.15) is 0 Å². The number of aliphatic imine (C=N–C) groups is 1. The lowest BCUT2D eigenvalue weighted by Gasteiger charge is -2.12. The van der Waals surface area contributed by atoms with Crippen LogP contribution in [0.2, 0.25) is 0 Å². The zero-order valence-corrected chi connectivity index (χ0v) is 15.5. The van der Waals surface area contributed by atoms with Gasteiger partial charge in [0.2, 0.25) is 0 Å². The van der Waals surface area contributed by atoms with Crippen LogP contribution >= 0.6 is 0 Å². The molecule has 0 radical (unpaired) electrons. The summed E-state index contributed by atoms with van der Waals surface area (Å²) in [6.07, 6.45) is 0. The summed E-state index contributed by atoms with van der Waals surface area (Å²) in [6.45, 7) is 3.99. The molecule has 2 aromatic rings. The van der Waals surface area contributed by atoms with Gasteiger partial charge < -0.3 is 20.7 Å². The Balaban J connectivity index is 1.97. The van der Waals surface area contributed by atoms with Crippen molar-refractivity contribution in [3.05, 3.63) is 65.2 Å². The SMILES string of the molecule is CCNC(=NCc1cccc(OC)c1)NCc1ccc(C(=O)NC)cc1. The highest BCUT2D eigenvalue weighted by Gasteiger charge is 2.03. The minimum atomic E-state index is -0.0855. The number of rotatable bonds is 7. The molecule has 6 heteroatoms. The molecule has 0 heterocycles. The molecule has 0 saturated heterocycles. The first kappa shape index (κ1) is 19.3. The summed E-state index contributed by atoms with van der Waals surface area (Å²) in [7, 11) is 3.28. The predicted octanol–water partition coefficient (Wildman–Crippen LogP) is 2.31. The van der Waals surface area contributed by atoms with Crippen LogP contribution in [0.1, 0.15) is 28.4 Å². The molecule has 0 bridgehead atoms. The van der Waals surface area contributed by atoms with Crippen LogP contribution in [-0.4, -0.2) is 32.6 Å². The molecular formula is C20H26N4O2. The van der Waals surface area contributed by atoms with Crippen molar-refractivity contribution < 1.29 is 9.53 Å². The van der Waals surface area contributed by atoms with Crippen LogP contribution in [0.3, 0.4) is 0 Å². The molecule has 0 saturated carbocycles. The number of methoxy groups -OCH3 is 1. The highest BCUT2D eigenvalue weighted by molar-refractivity contribution is 5.93. The third-order valence-electron chi connectivity index (χ3n) is 3.80. The number of nitrogens with zero attached hydrogens (tertiary/aromatic N) is 1. The highest BCUT2D eigenvalue weighted by Crippen LogP contribution is 2.13. The molecule has 0 unspecified atom stereocenters. The summed E-state index contributed by atoms with van der Waals surface area (Å²) in [4.78, 5) is 16.2. The Morgan fingerprint density at radius 3 is 2.50 bits per heavy atom. The average Bonchev–Trinajstić information content (AvgIpc) is 2.70. The van der Waals surface area contributed by atoms with Gasteiger partial charge in [0.05, 0.1) is 13.7 Å². The highest BCUT2D eigenvalue weighted by atomic mass is 16.5. The number of carbonyl (C=O) groups is 1. The Morgan fingerprint density at radius 1 is 1.08 bits per heavy atom. The van der Waals surface area contributed by atoms with Crippen LogP contribution in [0.5, 0.6) is 5.75 Å². The standard InChI is InChI=1S/C20H26N4O2/c1-4-22-20(24-14-16-6-5-7-18(12-16)26-3)23-13-15-8-10-17(11-9-15)19(25)21-2/h5-12H,4,13-14H2,1-3H3,(H,21,25)(H2,22,23,24). The summed E-state index contributed by atoms with van der Waals surface area (Å²) >= 11 is 0. The smallest absolute Gasteiger partial charge is 0.251 e. The van der Waals surface area contributed by atoms with Crippen molar-refractivity contribution >= 4 is 11.9 Å². The summed E-state index contributed by atoms with van der Waals surface area (Å²) < 4.78 is 5.24. The molecule has 3 N–H and O–H groups in total. The van der Waals surface area contributed by atoms with Crippen molar-refractivity contribution in [1.82, 2.24) is 16.0 Å². The van der Waals surface area contributed by atoms with Gasteiger partial charge in [0.1, 0.15) is 5.75 Å². The van der Waals surface area contributed by atoms with E-state index in [-0.39, 0.29) is 5.91 Å². The fraction of sp³-hybridized carbons (Fsp3) is 0.300. The van der Waals surface area contributed by atoms with Crippen molar-refractivity contribution in [2.24, 2.45) is 4.99 Å². The first-order valence-electron chi connectivity index (χ1n) is 8.62. The number of hydrogen-bond acceptors (Lipinski definition) is 3. The number of amides is 1. The number of benzene rings is 2. The Labute approximate surface area is 154 Å². The van der Waals surface area contributed by atoms with E-state index in [0.29, 0.717) is 18.7 Å². The lowest BCUT2D eigenvalue weighted by Crippen LogP contribution is -2.36.